The Labute approximate surface area is 114 Å². The molecule has 4 N–H and O–H groups in total. The van der Waals surface area contributed by atoms with Gasteiger partial charge in [0, 0.05) is 6.07 Å². The number of anilines is 1. The van der Waals surface area contributed by atoms with E-state index in [-0.39, 0.29) is 11.4 Å². The second-order valence-electron chi connectivity index (χ2n) is 3.70. The van der Waals surface area contributed by atoms with Crippen molar-refractivity contribution in [3.8, 4) is 11.8 Å². The Morgan fingerprint density at radius 3 is 2.70 bits per heavy atom. The number of carbonyl (C=O) groups excluding carboxylic acids is 1. The lowest BCUT2D eigenvalue weighted by Crippen LogP contribution is -2.45. The number of nitrogens with zero attached hydrogens (tertiary/aromatic N) is 1. The van der Waals surface area contributed by atoms with Crippen LogP contribution in [0.3, 0.4) is 0 Å². The van der Waals surface area contributed by atoms with Crippen LogP contribution >= 0.6 is 0 Å². The average molecular weight is 279 g/mol. The number of aliphatic carboxylic acids is 1. The molecule has 0 spiro atoms. The van der Waals surface area contributed by atoms with Crippen molar-refractivity contribution in [2.75, 3.05) is 19.0 Å². The highest BCUT2D eigenvalue weighted by Crippen LogP contribution is 2.25. The third kappa shape index (κ3) is 3.86. The molecule has 0 bridgehead atoms. The molecule has 0 aliphatic carbocycles. The summed E-state index contributed by atoms with van der Waals surface area (Å²) in [5.74, 6) is -1.09. The molecule has 0 aromatic heterocycles. The van der Waals surface area contributed by atoms with Gasteiger partial charge in [0.15, 0.2) is 6.04 Å². The van der Waals surface area contributed by atoms with Crippen LogP contribution in [0.1, 0.15) is 5.56 Å². The maximum atomic E-state index is 11.6. The number of urea groups is 1. The van der Waals surface area contributed by atoms with Gasteiger partial charge in [0.1, 0.15) is 5.75 Å². The number of carbonyl (C=O) groups is 2. The third-order valence-corrected chi connectivity index (χ3v) is 2.36. The van der Waals surface area contributed by atoms with E-state index in [0.29, 0.717) is 5.56 Å². The molecule has 0 fully saturated rings. The van der Waals surface area contributed by atoms with E-state index in [9.17, 15) is 9.59 Å². The van der Waals surface area contributed by atoms with Gasteiger partial charge in [-0.15, -0.1) is 0 Å². The minimum Gasteiger partial charge on any atom is -0.495 e. The van der Waals surface area contributed by atoms with Crippen LogP contribution in [0, 0.1) is 11.3 Å². The first-order valence-corrected chi connectivity index (χ1v) is 5.51. The predicted octanol–water partition coefficient (Wildman–Crippen LogP) is 0.134. The molecular weight excluding hydrogens is 266 g/mol. The number of ether oxygens (including phenoxy) is 1. The summed E-state index contributed by atoms with van der Waals surface area (Å²) in [6.45, 7) is -0.729. The number of rotatable bonds is 5. The van der Waals surface area contributed by atoms with Crippen molar-refractivity contribution in [2.45, 2.75) is 6.04 Å². The fraction of sp³-hybridized carbons (Fsp3) is 0.250. The first-order valence-electron chi connectivity index (χ1n) is 5.51. The highest BCUT2D eigenvalue weighted by molar-refractivity contribution is 5.93. The van der Waals surface area contributed by atoms with E-state index in [2.05, 4.69) is 10.6 Å². The van der Waals surface area contributed by atoms with Gasteiger partial charge in [0.05, 0.1) is 31.0 Å². The van der Waals surface area contributed by atoms with E-state index in [0.717, 1.165) is 0 Å². The number of amides is 2. The van der Waals surface area contributed by atoms with E-state index in [1.165, 1.54) is 25.3 Å². The summed E-state index contributed by atoms with van der Waals surface area (Å²) in [6.07, 6.45) is 0. The lowest BCUT2D eigenvalue weighted by molar-refractivity contribution is -0.140. The molecule has 1 aromatic rings. The van der Waals surface area contributed by atoms with Crippen molar-refractivity contribution in [3.63, 3.8) is 0 Å². The molecule has 0 heterocycles. The number of carboxylic acids is 1. The smallest absolute Gasteiger partial charge is 0.328 e. The Kier molecular flexibility index (Phi) is 5.31. The molecule has 0 saturated heterocycles. The van der Waals surface area contributed by atoms with Gasteiger partial charge in [0.2, 0.25) is 0 Å². The highest BCUT2D eigenvalue weighted by Gasteiger charge is 2.19. The number of aliphatic hydroxyl groups excluding tert-OH is 1. The number of nitrogens with one attached hydrogen (secondary N) is 2. The van der Waals surface area contributed by atoms with Crippen molar-refractivity contribution >= 4 is 17.7 Å². The van der Waals surface area contributed by atoms with Crippen LogP contribution in [-0.4, -0.2) is 42.0 Å². The number of aliphatic hydroxyl groups is 1. The number of methoxy groups -OCH3 is 1. The molecule has 1 atom stereocenters. The molecule has 0 unspecified atom stereocenters. The fourth-order valence-electron chi connectivity index (χ4n) is 1.37. The van der Waals surface area contributed by atoms with Gasteiger partial charge in [-0.05, 0) is 12.1 Å². The Bertz CT molecular complexity index is 553. The zero-order chi connectivity index (χ0) is 15.1. The highest BCUT2D eigenvalue weighted by atomic mass is 16.5. The summed E-state index contributed by atoms with van der Waals surface area (Å²) in [7, 11) is 1.37. The lowest BCUT2D eigenvalue weighted by Gasteiger charge is -2.14. The molecule has 1 aromatic carbocycles. The van der Waals surface area contributed by atoms with E-state index >= 15 is 0 Å². The maximum absolute atomic E-state index is 11.6. The van der Waals surface area contributed by atoms with Crippen molar-refractivity contribution in [1.29, 1.82) is 5.26 Å². The molecule has 1 rings (SSSR count). The molecule has 0 aliphatic heterocycles. The second-order valence-corrected chi connectivity index (χ2v) is 3.70. The van der Waals surface area contributed by atoms with E-state index in [1.54, 1.807) is 0 Å². The zero-order valence-corrected chi connectivity index (χ0v) is 10.6. The van der Waals surface area contributed by atoms with Crippen LogP contribution in [0.15, 0.2) is 18.2 Å². The van der Waals surface area contributed by atoms with Crippen LogP contribution < -0.4 is 15.4 Å². The molecule has 106 valence electrons. The lowest BCUT2D eigenvalue weighted by atomic mass is 10.2. The van der Waals surface area contributed by atoms with Gasteiger partial charge in [-0.2, -0.15) is 5.26 Å². The normalized spacial score (nSPS) is 11.1. The number of carboxylic acid groups (broad SMARTS) is 1. The van der Waals surface area contributed by atoms with Crippen molar-refractivity contribution < 1.29 is 24.5 Å². The molecular formula is C12H13N3O5. The molecule has 0 radical (unpaired) electrons. The van der Waals surface area contributed by atoms with Gasteiger partial charge in [-0.3, -0.25) is 0 Å². The predicted molar refractivity (Wildman–Crippen MR) is 68.4 cm³/mol. The largest absolute Gasteiger partial charge is 0.495 e. The van der Waals surface area contributed by atoms with E-state index in [4.69, 9.17) is 20.2 Å². The standard InChI is InChI=1S/C12H13N3O5/c1-20-10-4-7(5-13)2-3-8(10)14-12(19)15-9(6-16)11(17)18/h2-4,9,16H,6H2,1H3,(H,17,18)(H2,14,15,19)/t9-/m1/s1. The van der Waals surface area contributed by atoms with Crippen LogP contribution in [0.2, 0.25) is 0 Å². The summed E-state index contributed by atoms with van der Waals surface area (Å²) < 4.78 is 5.01. The van der Waals surface area contributed by atoms with Crippen LogP contribution in [-0.2, 0) is 4.79 Å². The van der Waals surface area contributed by atoms with E-state index in [1.807, 2.05) is 6.07 Å². The van der Waals surface area contributed by atoms with Crippen LogP contribution in [0.5, 0.6) is 5.75 Å². The summed E-state index contributed by atoms with van der Waals surface area (Å²) in [5.41, 5.74) is 0.623. The Morgan fingerprint density at radius 2 is 2.20 bits per heavy atom. The molecule has 8 nitrogen and oxygen atoms in total. The number of hydrogen-bond acceptors (Lipinski definition) is 5. The molecule has 20 heavy (non-hydrogen) atoms. The summed E-state index contributed by atoms with van der Waals surface area (Å²) in [6, 6.07) is 4.05. The van der Waals surface area contributed by atoms with Gasteiger partial charge in [-0.25, -0.2) is 9.59 Å². The van der Waals surface area contributed by atoms with Gasteiger partial charge >= 0.3 is 12.0 Å². The molecule has 2 amide bonds. The first-order chi connectivity index (χ1) is 9.51. The van der Waals surface area contributed by atoms with Crippen LogP contribution in [0.4, 0.5) is 10.5 Å². The SMILES string of the molecule is COc1cc(C#N)ccc1NC(=O)N[C@H](CO)C(=O)O. The van der Waals surface area contributed by atoms with Gasteiger partial charge in [0.25, 0.3) is 0 Å². The summed E-state index contributed by atoms with van der Waals surface area (Å²) >= 11 is 0. The van der Waals surface area contributed by atoms with Gasteiger partial charge < -0.3 is 25.6 Å². The quantitative estimate of drug-likeness (QED) is 0.606. The Hall–Kier alpha value is -2.79. The third-order valence-electron chi connectivity index (χ3n) is 2.36. The molecule has 0 saturated carbocycles. The Balaban J connectivity index is 2.80. The minimum absolute atomic E-state index is 0.259. The summed E-state index contributed by atoms with van der Waals surface area (Å²) in [4.78, 5) is 22.3. The van der Waals surface area contributed by atoms with Gasteiger partial charge in [-0.1, -0.05) is 0 Å². The average Bonchev–Trinajstić information content (AvgIpc) is 2.44. The summed E-state index contributed by atoms with van der Waals surface area (Å²) in [5, 5.41) is 30.7. The first kappa shape index (κ1) is 15.3. The maximum Gasteiger partial charge on any atom is 0.328 e. The number of nitriles is 1. The fourth-order valence-corrected chi connectivity index (χ4v) is 1.37. The van der Waals surface area contributed by atoms with Crippen LogP contribution in [0.25, 0.3) is 0 Å². The minimum atomic E-state index is -1.40. The Morgan fingerprint density at radius 1 is 1.50 bits per heavy atom. The van der Waals surface area contributed by atoms with Crippen molar-refractivity contribution in [2.24, 2.45) is 0 Å². The monoisotopic (exact) mass is 279 g/mol. The van der Waals surface area contributed by atoms with E-state index < -0.39 is 24.6 Å². The number of benzene rings is 1. The molecule has 8 heteroatoms. The second kappa shape index (κ2) is 6.96. The van der Waals surface area contributed by atoms with Crippen molar-refractivity contribution in [1.82, 2.24) is 5.32 Å². The zero-order valence-electron chi connectivity index (χ0n) is 10.6. The number of hydrogen-bond donors (Lipinski definition) is 4. The van der Waals surface area contributed by atoms with Crippen molar-refractivity contribution in [3.05, 3.63) is 23.8 Å². The topological polar surface area (TPSA) is 132 Å². The molecule has 0 aliphatic rings.